The van der Waals surface area contributed by atoms with Crippen LogP contribution >= 0.6 is 10.7 Å². The van der Waals surface area contributed by atoms with E-state index in [0.29, 0.717) is 11.3 Å². The second-order valence-corrected chi connectivity index (χ2v) is 6.35. The lowest BCUT2D eigenvalue weighted by Crippen LogP contribution is -1.96. The molecule has 6 heteroatoms. The summed E-state index contributed by atoms with van der Waals surface area (Å²) in [5.74, 6) is -0.191. The second-order valence-electron chi connectivity index (χ2n) is 3.81. The van der Waals surface area contributed by atoms with Crippen molar-refractivity contribution in [2.45, 2.75) is 4.90 Å². The monoisotopic (exact) mass is 300 g/mol. The van der Waals surface area contributed by atoms with E-state index in [0.717, 1.165) is 11.6 Å². The van der Waals surface area contributed by atoms with Crippen LogP contribution in [0.5, 0.6) is 5.75 Å². The van der Waals surface area contributed by atoms with Gasteiger partial charge in [0.05, 0.1) is 7.11 Å². The third kappa shape index (κ3) is 3.05. The normalized spacial score (nSPS) is 11.3. The summed E-state index contributed by atoms with van der Waals surface area (Å²) in [6, 6.07) is 10.7. The van der Waals surface area contributed by atoms with Gasteiger partial charge >= 0.3 is 0 Å². The van der Waals surface area contributed by atoms with Crippen LogP contribution in [0.3, 0.4) is 0 Å². The Morgan fingerprint density at radius 2 is 1.63 bits per heavy atom. The summed E-state index contributed by atoms with van der Waals surface area (Å²) >= 11 is 0. The molecule has 0 saturated heterocycles. The summed E-state index contributed by atoms with van der Waals surface area (Å²) in [6.45, 7) is 0. The maximum Gasteiger partial charge on any atom is 0.264 e. The van der Waals surface area contributed by atoms with E-state index in [1.807, 2.05) is 0 Å². The highest BCUT2D eigenvalue weighted by molar-refractivity contribution is 8.13. The molecule has 100 valence electrons. The van der Waals surface area contributed by atoms with E-state index in [4.69, 9.17) is 15.4 Å². The van der Waals surface area contributed by atoms with E-state index >= 15 is 0 Å². The van der Waals surface area contributed by atoms with Crippen LogP contribution in [0.15, 0.2) is 47.4 Å². The van der Waals surface area contributed by atoms with Crippen LogP contribution in [-0.2, 0) is 9.05 Å². The van der Waals surface area contributed by atoms with Crippen molar-refractivity contribution in [3.8, 4) is 16.9 Å². The fourth-order valence-electron chi connectivity index (χ4n) is 1.65. The zero-order valence-corrected chi connectivity index (χ0v) is 11.5. The molecule has 0 bridgehead atoms. The quantitative estimate of drug-likeness (QED) is 0.816. The Morgan fingerprint density at radius 3 is 2.16 bits per heavy atom. The highest BCUT2D eigenvalue weighted by Crippen LogP contribution is 2.27. The van der Waals surface area contributed by atoms with Crippen molar-refractivity contribution in [3.05, 3.63) is 48.3 Å². The molecule has 0 aliphatic heterocycles. The van der Waals surface area contributed by atoms with Crippen molar-refractivity contribution in [1.29, 1.82) is 0 Å². The van der Waals surface area contributed by atoms with E-state index in [2.05, 4.69) is 0 Å². The summed E-state index contributed by atoms with van der Waals surface area (Å²) < 4.78 is 40.9. The van der Waals surface area contributed by atoms with Crippen molar-refractivity contribution in [2.24, 2.45) is 0 Å². The van der Waals surface area contributed by atoms with Crippen LogP contribution in [0, 0.1) is 5.82 Å². The van der Waals surface area contributed by atoms with Crippen LogP contribution in [-0.4, -0.2) is 15.5 Å². The molecule has 0 atom stereocenters. The van der Waals surface area contributed by atoms with Gasteiger partial charge in [0.15, 0.2) is 0 Å². The molecule has 2 aromatic rings. The smallest absolute Gasteiger partial charge is 0.264 e. The minimum Gasteiger partial charge on any atom is -0.497 e. The largest absolute Gasteiger partial charge is 0.497 e. The summed E-state index contributed by atoms with van der Waals surface area (Å²) in [5, 5.41) is 0. The SMILES string of the molecule is COc1ccc(-c2ccc(F)c(S(=O)(=O)Cl)c2)cc1. The van der Waals surface area contributed by atoms with Crippen LogP contribution < -0.4 is 4.74 Å². The molecule has 0 unspecified atom stereocenters. The summed E-state index contributed by atoms with van der Waals surface area (Å²) in [6.07, 6.45) is 0. The van der Waals surface area contributed by atoms with E-state index in [1.54, 1.807) is 31.4 Å². The van der Waals surface area contributed by atoms with E-state index in [1.165, 1.54) is 12.1 Å². The number of ether oxygens (including phenoxy) is 1. The van der Waals surface area contributed by atoms with Crippen molar-refractivity contribution < 1.29 is 17.5 Å². The Kier molecular flexibility index (Phi) is 3.78. The number of methoxy groups -OCH3 is 1. The third-order valence-electron chi connectivity index (χ3n) is 2.62. The average Bonchev–Trinajstić information content (AvgIpc) is 2.38. The van der Waals surface area contributed by atoms with Crippen LogP contribution in [0.25, 0.3) is 11.1 Å². The standard InChI is InChI=1S/C13H10ClFO3S/c1-18-11-5-2-9(3-6-11)10-4-7-12(15)13(8-10)19(14,16)17/h2-8H,1H3. The van der Waals surface area contributed by atoms with E-state index in [-0.39, 0.29) is 0 Å². The molecular formula is C13H10ClFO3S. The second kappa shape index (κ2) is 5.19. The van der Waals surface area contributed by atoms with Crippen molar-refractivity contribution in [2.75, 3.05) is 7.11 Å². The molecule has 0 aliphatic rings. The zero-order chi connectivity index (χ0) is 14.0. The molecule has 0 fully saturated rings. The first-order chi connectivity index (χ1) is 8.91. The first-order valence-corrected chi connectivity index (χ1v) is 7.61. The number of rotatable bonds is 3. The first kappa shape index (κ1) is 13.8. The number of halogens is 2. The highest BCUT2D eigenvalue weighted by Gasteiger charge is 2.17. The molecule has 0 radical (unpaired) electrons. The van der Waals surface area contributed by atoms with Gasteiger partial charge in [-0.15, -0.1) is 0 Å². The van der Waals surface area contributed by atoms with Crippen molar-refractivity contribution >= 4 is 19.7 Å². The average molecular weight is 301 g/mol. The summed E-state index contributed by atoms with van der Waals surface area (Å²) in [7, 11) is 2.63. The van der Waals surface area contributed by atoms with Gasteiger partial charge in [-0.2, -0.15) is 0 Å². The van der Waals surface area contributed by atoms with Gasteiger partial charge in [-0.25, -0.2) is 12.8 Å². The molecule has 3 nitrogen and oxygen atoms in total. The predicted octanol–water partition coefficient (Wildman–Crippen LogP) is 3.43. The topological polar surface area (TPSA) is 43.4 Å². The maximum atomic E-state index is 13.4. The molecule has 0 aromatic heterocycles. The van der Waals surface area contributed by atoms with Crippen LogP contribution in [0.1, 0.15) is 0 Å². The van der Waals surface area contributed by atoms with Gasteiger partial charge in [-0.05, 0) is 35.4 Å². The highest BCUT2D eigenvalue weighted by atomic mass is 35.7. The zero-order valence-electron chi connectivity index (χ0n) is 9.93. The molecule has 0 aliphatic carbocycles. The molecule has 2 aromatic carbocycles. The van der Waals surface area contributed by atoms with Crippen molar-refractivity contribution in [3.63, 3.8) is 0 Å². The Hall–Kier alpha value is -1.59. The summed E-state index contributed by atoms with van der Waals surface area (Å²) in [5.41, 5.74) is 1.30. The molecular weight excluding hydrogens is 291 g/mol. The van der Waals surface area contributed by atoms with Gasteiger partial charge in [-0.1, -0.05) is 18.2 Å². The molecule has 19 heavy (non-hydrogen) atoms. The van der Waals surface area contributed by atoms with Gasteiger partial charge in [0, 0.05) is 10.7 Å². The third-order valence-corrected chi connectivity index (χ3v) is 3.95. The Balaban J connectivity index is 2.51. The maximum absolute atomic E-state index is 13.4. The van der Waals surface area contributed by atoms with Crippen molar-refractivity contribution in [1.82, 2.24) is 0 Å². The minimum atomic E-state index is -4.10. The summed E-state index contributed by atoms with van der Waals surface area (Å²) in [4.78, 5) is -0.525. The fraction of sp³-hybridized carbons (Fsp3) is 0.0769. The van der Waals surface area contributed by atoms with Gasteiger partial charge in [-0.3, -0.25) is 0 Å². The molecule has 0 heterocycles. The Bertz CT molecular complexity index is 696. The number of hydrogen-bond donors (Lipinski definition) is 0. The fourth-order valence-corrected chi connectivity index (χ4v) is 2.58. The van der Waals surface area contributed by atoms with Crippen LogP contribution in [0.4, 0.5) is 4.39 Å². The molecule has 2 rings (SSSR count). The predicted molar refractivity (Wildman–Crippen MR) is 71.4 cm³/mol. The number of hydrogen-bond acceptors (Lipinski definition) is 3. The molecule has 0 spiro atoms. The molecule has 0 amide bonds. The molecule has 0 saturated carbocycles. The Morgan fingerprint density at radius 1 is 1.05 bits per heavy atom. The number of benzene rings is 2. The van der Waals surface area contributed by atoms with Gasteiger partial charge in [0.25, 0.3) is 9.05 Å². The Labute approximate surface area is 115 Å². The van der Waals surface area contributed by atoms with Crippen LogP contribution in [0.2, 0.25) is 0 Å². The van der Waals surface area contributed by atoms with E-state index in [9.17, 15) is 12.8 Å². The lowest BCUT2D eigenvalue weighted by atomic mass is 10.1. The lowest BCUT2D eigenvalue weighted by Gasteiger charge is -2.06. The minimum absolute atomic E-state index is 0.525. The van der Waals surface area contributed by atoms with Gasteiger partial charge in [0.2, 0.25) is 0 Å². The van der Waals surface area contributed by atoms with Gasteiger partial charge < -0.3 is 4.74 Å². The lowest BCUT2D eigenvalue weighted by molar-refractivity contribution is 0.415. The molecule has 0 N–H and O–H groups in total. The van der Waals surface area contributed by atoms with E-state index < -0.39 is 19.8 Å². The van der Waals surface area contributed by atoms with Gasteiger partial charge in [0.1, 0.15) is 16.5 Å². The first-order valence-electron chi connectivity index (χ1n) is 5.30.